The van der Waals surface area contributed by atoms with Gasteiger partial charge in [0, 0.05) is 24.3 Å². The Labute approximate surface area is 117 Å². The van der Waals surface area contributed by atoms with Crippen molar-refractivity contribution in [2.45, 2.75) is 26.3 Å². The van der Waals surface area contributed by atoms with Crippen molar-refractivity contribution in [3.8, 4) is 0 Å². The molecule has 1 aromatic carbocycles. The second-order valence-electron chi connectivity index (χ2n) is 5.00. The predicted octanol–water partition coefficient (Wildman–Crippen LogP) is 2.82. The molecule has 0 radical (unpaired) electrons. The Balaban J connectivity index is 2.31. The number of rotatable bonds is 4. The van der Waals surface area contributed by atoms with Crippen molar-refractivity contribution < 1.29 is 8.78 Å². The van der Waals surface area contributed by atoms with Gasteiger partial charge in [-0.15, -0.1) is 0 Å². The average Bonchev–Trinajstić information content (AvgIpc) is 2.65. The lowest BCUT2D eigenvalue weighted by Gasteiger charge is -2.17. The Morgan fingerprint density at radius 1 is 1.25 bits per heavy atom. The van der Waals surface area contributed by atoms with Gasteiger partial charge in [0.1, 0.15) is 0 Å². The van der Waals surface area contributed by atoms with E-state index in [1.54, 1.807) is 6.07 Å². The summed E-state index contributed by atoms with van der Waals surface area (Å²) in [6.07, 6.45) is 0.584. The van der Waals surface area contributed by atoms with Crippen molar-refractivity contribution in [2.75, 3.05) is 7.05 Å². The number of aryl methyl sites for hydroxylation is 2. The van der Waals surface area contributed by atoms with E-state index < -0.39 is 11.6 Å². The summed E-state index contributed by atoms with van der Waals surface area (Å²) < 4.78 is 28.1. The van der Waals surface area contributed by atoms with Crippen LogP contribution in [0, 0.1) is 25.5 Å². The number of halogens is 2. The van der Waals surface area contributed by atoms with E-state index in [4.69, 9.17) is 0 Å². The molecule has 0 amide bonds. The van der Waals surface area contributed by atoms with Crippen LogP contribution in [0.15, 0.2) is 18.2 Å². The summed E-state index contributed by atoms with van der Waals surface area (Å²) in [5.74, 6) is -1.62. The fourth-order valence-corrected chi connectivity index (χ4v) is 2.55. The van der Waals surface area contributed by atoms with E-state index in [9.17, 15) is 8.78 Å². The number of nitrogens with one attached hydrogen (secondary N) is 1. The highest BCUT2D eigenvalue weighted by Gasteiger charge is 2.19. The van der Waals surface area contributed by atoms with Crippen LogP contribution in [0.2, 0.25) is 0 Å². The Kier molecular flexibility index (Phi) is 4.18. The quantitative estimate of drug-likeness (QED) is 0.932. The van der Waals surface area contributed by atoms with E-state index in [-0.39, 0.29) is 6.04 Å². The highest BCUT2D eigenvalue weighted by Crippen LogP contribution is 2.24. The zero-order valence-corrected chi connectivity index (χ0v) is 12.2. The Morgan fingerprint density at radius 3 is 2.45 bits per heavy atom. The van der Waals surface area contributed by atoms with E-state index in [0.29, 0.717) is 6.42 Å². The monoisotopic (exact) mass is 279 g/mol. The van der Waals surface area contributed by atoms with Gasteiger partial charge >= 0.3 is 0 Å². The molecule has 0 aliphatic carbocycles. The van der Waals surface area contributed by atoms with Gasteiger partial charge < -0.3 is 5.32 Å². The third kappa shape index (κ3) is 2.72. The molecule has 3 nitrogen and oxygen atoms in total. The molecule has 1 atom stereocenters. The maximum Gasteiger partial charge on any atom is 0.159 e. The van der Waals surface area contributed by atoms with Crippen molar-refractivity contribution in [3.05, 3.63) is 52.3 Å². The van der Waals surface area contributed by atoms with Crippen molar-refractivity contribution >= 4 is 0 Å². The average molecular weight is 279 g/mol. The standard InChI is InChI=1S/C15H19F2N3/c1-9-15(10(2)20(4)19-9)14(18-3)8-11-5-6-12(16)13(17)7-11/h5-7,14,18H,8H2,1-4H3. The van der Waals surface area contributed by atoms with Crippen LogP contribution in [-0.2, 0) is 13.5 Å². The molecule has 0 saturated heterocycles. The minimum atomic E-state index is -0.816. The summed E-state index contributed by atoms with van der Waals surface area (Å²) in [6, 6.07) is 4.05. The van der Waals surface area contributed by atoms with Gasteiger partial charge in [-0.1, -0.05) is 6.07 Å². The molecule has 2 rings (SSSR count). The first-order chi connectivity index (χ1) is 9.43. The number of nitrogens with zero attached hydrogens (tertiary/aromatic N) is 2. The number of likely N-dealkylation sites (N-methyl/N-ethyl adjacent to an activating group) is 1. The zero-order chi connectivity index (χ0) is 14.9. The van der Waals surface area contributed by atoms with Crippen LogP contribution in [0.4, 0.5) is 8.78 Å². The molecule has 0 bridgehead atoms. The molecule has 0 aliphatic rings. The van der Waals surface area contributed by atoms with E-state index in [0.717, 1.165) is 22.5 Å². The first-order valence-electron chi connectivity index (χ1n) is 6.55. The van der Waals surface area contributed by atoms with Crippen molar-refractivity contribution in [3.63, 3.8) is 0 Å². The Hall–Kier alpha value is -1.75. The molecule has 5 heteroatoms. The number of hydrogen-bond donors (Lipinski definition) is 1. The highest BCUT2D eigenvalue weighted by atomic mass is 19.2. The predicted molar refractivity (Wildman–Crippen MR) is 74.5 cm³/mol. The largest absolute Gasteiger partial charge is 0.313 e. The van der Waals surface area contributed by atoms with Gasteiger partial charge in [-0.05, 0) is 45.0 Å². The van der Waals surface area contributed by atoms with E-state index in [2.05, 4.69) is 10.4 Å². The normalized spacial score (nSPS) is 12.7. The first-order valence-corrected chi connectivity index (χ1v) is 6.55. The molecule has 1 N–H and O–H groups in total. The van der Waals surface area contributed by atoms with E-state index >= 15 is 0 Å². The van der Waals surface area contributed by atoms with Gasteiger partial charge in [0.2, 0.25) is 0 Å². The molecule has 0 fully saturated rings. The molecular formula is C15H19F2N3. The molecule has 1 unspecified atom stereocenters. The lowest BCUT2D eigenvalue weighted by molar-refractivity contribution is 0.504. The van der Waals surface area contributed by atoms with Crippen molar-refractivity contribution in [1.82, 2.24) is 15.1 Å². The molecule has 2 aromatic rings. The van der Waals surface area contributed by atoms with Crippen LogP contribution in [0.3, 0.4) is 0 Å². The van der Waals surface area contributed by atoms with Crippen LogP contribution in [0.1, 0.15) is 28.6 Å². The summed E-state index contributed by atoms with van der Waals surface area (Å²) in [4.78, 5) is 0. The van der Waals surface area contributed by atoms with Gasteiger partial charge in [0.05, 0.1) is 5.69 Å². The second kappa shape index (κ2) is 5.71. The van der Waals surface area contributed by atoms with Crippen LogP contribution in [0.25, 0.3) is 0 Å². The third-order valence-corrected chi connectivity index (χ3v) is 3.69. The fraction of sp³-hybridized carbons (Fsp3) is 0.400. The SMILES string of the molecule is CNC(Cc1ccc(F)c(F)c1)c1c(C)nn(C)c1C. The van der Waals surface area contributed by atoms with Crippen LogP contribution >= 0.6 is 0 Å². The molecular weight excluding hydrogens is 260 g/mol. The Bertz CT molecular complexity index is 620. The smallest absolute Gasteiger partial charge is 0.159 e. The number of benzene rings is 1. The minimum Gasteiger partial charge on any atom is -0.313 e. The number of hydrogen-bond acceptors (Lipinski definition) is 2. The molecule has 0 saturated carbocycles. The second-order valence-corrected chi connectivity index (χ2v) is 5.00. The molecule has 20 heavy (non-hydrogen) atoms. The molecule has 1 heterocycles. The lowest BCUT2D eigenvalue weighted by Crippen LogP contribution is -2.20. The molecule has 0 spiro atoms. The lowest BCUT2D eigenvalue weighted by atomic mass is 9.97. The summed E-state index contributed by atoms with van der Waals surface area (Å²) in [7, 11) is 3.76. The van der Waals surface area contributed by atoms with E-state index in [1.807, 2.05) is 32.6 Å². The summed E-state index contributed by atoms with van der Waals surface area (Å²) in [5, 5.41) is 7.62. The highest BCUT2D eigenvalue weighted by molar-refractivity contribution is 5.30. The summed E-state index contributed by atoms with van der Waals surface area (Å²) in [5.41, 5.74) is 3.89. The van der Waals surface area contributed by atoms with Crippen molar-refractivity contribution in [1.29, 1.82) is 0 Å². The van der Waals surface area contributed by atoms with Gasteiger partial charge in [0.15, 0.2) is 11.6 Å². The topological polar surface area (TPSA) is 29.9 Å². The molecule has 0 aliphatic heterocycles. The van der Waals surface area contributed by atoms with Gasteiger partial charge in [0.25, 0.3) is 0 Å². The van der Waals surface area contributed by atoms with Crippen LogP contribution in [-0.4, -0.2) is 16.8 Å². The van der Waals surface area contributed by atoms with Gasteiger partial charge in [-0.3, -0.25) is 4.68 Å². The van der Waals surface area contributed by atoms with Gasteiger partial charge in [-0.2, -0.15) is 5.10 Å². The first kappa shape index (κ1) is 14.7. The fourth-order valence-electron chi connectivity index (χ4n) is 2.55. The summed E-state index contributed by atoms with van der Waals surface area (Å²) in [6.45, 7) is 3.96. The molecule has 1 aromatic heterocycles. The van der Waals surface area contributed by atoms with Crippen LogP contribution in [0.5, 0.6) is 0 Å². The molecule has 108 valence electrons. The van der Waals surface area contributed by atoms with Crippen LogP contribution < -0.4 is 5.32 Å². The summed E-state index contributed by atoms with van der Waals surface area (Å²) >= 11 is 0. The zero-order valence-electron chi connectivity index (χ0n) is 12.2. The van der Waals surface area contributed by atoms with E-state index in [1.165, 1.54) is 12.1 Å². The maximum atomic E-state index is 13.3. The minimum absolute atomic E-state index is 0.0218. The van der Waals surface area contributed by atoms with Crippen molar-refractivity contribution in [2.24, 2.45) is 7.05 Å². The number of aromatic nitrogens is 2. The Morgan fingerprint density at radius 2 is 1.95 bits per heavy atom. The third-order valence-electron chi connectivity index (χ3n) is 3.69. The maximum absolute atomic E-state index is 13.3. The van der Waals surface area contributed by atoms with Gasteiger partial charge in [-0.25, -0.2) is 8.78 Å².